The summed E-state index contributed by atoms with van der Waals surface area (Å²) in [6.45, 7) is 0.422. The summed E-state index contributed by atoms with van der Waals surface area (Å²) >= 11 is 0. The number of carbonyl (C=O) groups excluding carboxylic acids is 3. The van der Waals surface area contributed by atoms with E-state index in [1.165, 1.54) is 31.2 Å². The molecule has 1 aliphatic heterocycles. The molecule has 2 aliphatic rings. The van der Waals surface area contributed by atoms with Crippen LogP contribution in [0.15, 0.2) is 24.3 Å². The zero-order chi connectivity index (χ0) is 22.1. The number of carbonyl (C=O) groups is 3. The number of nitrogens with zero attached hydrogens (tertiary/aromatic N) is 2. The van der Waals surface area contributed by atoms with Crippen LogP contribution in [-0.2, 0) is 15.1 Å². The molecule has 0 spiro atoms. The van der Waals surface area contributed by atoms with E-state index in [4.69, 9.17) is 0 Å². The van der Waals surface area contributed by atoms with E-state index >= 15 is 0 Å². The summed E-state index contributed by atoms with van der Waals surface area (Å²) in [5.74, 6) is -0.254. The first-order chi connectivity index (χ1) is 14.1. The fraction of sp³-hybridized carbons (Fsp3) is 0.571. The van der Waals surface area contributed by atoms with Gasteiger partial charge in [0.2, 0.25) is 5.91 Å². The summed E-state index contributed by atoms with van der Waals surface area (Å²) in [5.41, 5.74) is -0.980. The number of nitrogens with one attached hydrogen (secondary N) is 1. The first-order valence-corrected chi connectivity index (χ1v) is 10.1. The third kappa shape index (κ3) is 4.39. The number of amides is 4. The summed E-state index contributed by atoms with van der Waals surface area (Å²) in [6.07, 6.45) is 3.92. The Labute approximate surface area is 174 Å². The van der Waals surface area contributed by atoms with Gasteiger partial charge in [-0.3, -0.25) is 14.5 Å². The van der Waals surface area contributed by atoms with Gasteiger partial charge in [-0.2, -0.15) is 8.78 Å². The van der Waals surface area contributed by atoms with Gasteiger partial charge in [-0.25, -0.2) is 4.79 Å². The Kier molecular flexibility index (Phi) is 6.28. The molecule has 1 atom stereocenters. The van der Waals surface area contributed by atoms with Gasteiger partial charge >= 0.3 is 12.6 Å². The maximum Gasteiger partial charge on any atom is 0.387 e. The van der Waals surface area contributed by atoms with Crippen LogP contribution in [0.2, 0.25) is 0 Å². The van der Waals surface area contributed by atoms with Gasteiger partial charge in [0.1, 0.15) is 17.8 Å². The Morgan fingerprint density at radius 3 is 2.40 bits per heavy atom. The van der Waals surface area contributed by atoms with E-state index in [0.29, 0.717) is 11.5 Å². The molecule has 1 saturated carbocycles. The van der Waals surface area contributed by atoms with Crippen LogP contribution in [-0.4, -0.2) is 53.9 Å². The number of likely N-dealkylation sites (N-methyl/N-ethyl adjacent to an activating group) is 1. The monoisotopic (exact) mass is 423 g/mol. The lowest BCUT2D eigenvalue weighted by Gasteiger charge is -2.34. The van der Waals surface area contributed by atoms with E-state index in [1.54, 1.807) is 11.9 Å². The quantitative estimate of drug-likeness (QED) is 0.714. The fourth-order valence-corrected chi connectivity index (χ4v) is 4.09. The van der Waals surface area contributed by atoms with Crippen LogP contribution in [0.1, 0.15) is 45.1 Å². The van der Waals surface area contributed by atoms with Crippen molar-refractivity contribution in [1.29, 1.82) is 0 Å². The van der Waals surface area contributed by atoms with Crippen molar-refractivity contribution in [3.05, 3.63) is 29.8 Å². The van der Waals surface area contributed by atoms with Gasteiger partial charge in [0, 0.05) is 13.1 Å². The summed E-state index contributed by atoms with van der Waals surface area (Å²) in [6, 6.07) is 4.94. The standard InChI is InChI=1S/C21H27F2N3O4/c1-13-4-8-15(9-5-13)25(3)17(27)12-26-18(28)21(2,24-20(26)29)14-6-10-16(11-7-14)30-19(22)23/h6-7,10-11,13,15,19H,4-5,8-9,12H2,1-3H3,(H,24,29). The summed E-state index contributed by atoms with van der Waals surface area (Å²) in [4.78, 5) is 40.7. The number of urea groups is 1. The Hall–Kier alpha value is -2.71. The number of alkyl halides is 2. The minimum absolute atomic E-state index is 0.0513. The molecule has 3 rings (SSSR count). The molecule has 1 aromatic rings. The molecule has 30 heavy (non-hydrogen) atoms. The van der Waals surface area contributed by atoms with Crippen LogP contribution >= 0.6 is 0 Å². The maximum atomic E-state index is 13.0. The summed E-state index contributed by atoms with van der Waals surface area (Å²) in [7, 11) is 1.71. The zero-order valence-corrected chi connectivity index (χ0v) is 17.4. The molecule has 0 bridgehead atoms. The second-order valence-corrected chi connectivity index (χ2v) is 8.27. The number of benzene rings is 1. The van der Waals surface area contributed by atoms with Gasteiger partial charge in [0.15, 0.2) is 0 Å². The van der Waals surface area contributed by atoms with Crippen LogP contribution in [0.4, 0.5) is 13.6 Å². The average Bonchev–Trinajstić information content (AvgIpc) is 2.92. The van der Waals surface area contributed by atoms with Crippen molar-refractivity contribution < 1.29 is 27.9 Å². The van der Waals surface area contributed by atoms with Crippen LogP contribution in [0.5, 0.6) is 5.75 Å². The molecule has 0 radical (unpaired) electrons. The molecule has 1 aliphatic carbocycles. The van der Waals surface area contributed by atoms with E-state index in [-0.39, 0.29) is 24.2 Å². The lowest BCUT2D eigenvalue weighted by molar-refractivity contribution is -0.139. The van der Waals surface area contributed by atoms with Gasteiger partial charge in [-0.1, -0.05) is 19.1 Å². The number of hydrogen-bond acceptors (Lipinski definition) is 4. The molecular weight excluding hydrogens is 396 g/mol. The van der Waals surface area contributed by atoms with E-state index in [9.17, 15) is 23.2 Å². The highest BCUT2D eigenvalue weighted by Gasteiger charge is 2.49. The molecular formula is C21H27F2N3O4. The molecule has 0 aromatic heterocycles. The molecule has 2 fully saturated rings. The molecule has 1 heterocycles. The van der Waals surface area contributed by atoms with Crippen LogP contribution in [0.3, 0.4) is 0 Å². The number of rotatable bonds is 6. The van der Waals surface area contributed by atoms with Crippen molar-refractivity contribution >= 4 is 17.8 Å². The number of ether oxygens (including phenoxy) is 1. The SMILES string of the molecule is CC1CCC(N(C)C(=O)CN2C(=O)NC(C)(c3ccc(OC(F)F)cc3)C2=O)CC1. The largest absolute Gasteiger partial charge is 0.435 e. The number of hydrogen-bond donors (Lipinski definition) is 1. The zero-order valence-electron chi connectivity index (χ0n) is 17.4. The normalized spacial score (nSPS) is 26.7. The van der Waals surface area contributed by atoms with Crippen molar-refractivity contribution in [3.63, 3.8) is 0 Å². The van der Waals surface area contributed by atoms with Crippen LogP contribution in [0.25, 0.3) is 0 Å². The Morgan fingerprint density at radius 1 is 1.23 bits per heavy atom. The van der Waals surface area contributed by atoms with Crippen molar-refractivity contribution in [2.24, 2.45) is 5.92 Å². The van der Waals surface area contributed by atoms with Crippen LogP contribution in [0, 0.1) is 5.92 Å². The van der Waals surface area contributed by atoms with E-state index in [0.717, 1.165) is 30.6 Å². The van der Waals surface area contributed by atoms with Crippen molar-refractivity contribution in [2.45, 2.75) is 57.7 Å². The first-order valence-electron chi connectivity index (χ1n) is 10.1. The van der Waals surface area contributed by atoms with E-state index in [2.05, 4.69) is 17.0 Å². The summed E-state index contributed by atoms with van der Waals surface area (Å²) < 4.78 is 29.0. The van der Waals surface area contributed by atoms with Gasteiger partial charge in [0.05, 0.1) is 0 Å². The highest BCUT2D eigenvalue weighted by atomic mass is 19.3. The van der Waals surface area contributed by atoms with E-state index < -0.39 is 24.1 Å². The third-order valence-corrected chi connectivity index (χ3v) is 6.15. The highest BCUT2D eigenvalue weighted by molar-refractivity contribution is 6.09. The topological polar surface area (TPSA) is 79.0 Å². The molecule has 1 aromatic carbocycles. The predicted octanol–water partition coefficient (Wildman–Crippen LogP) is 3.09. The van der Waals surface area contributed by atoms with Gasteiger partial charge in [-0.15, -0.1) is 0 Å². The second-order valence-electron chi connectivity index (χ2n) is 8.27. The van der Waals surface area contributed by atoms with Crippen molar-refractivity contribution in [2.75, 3.05) is 13.6 Å². The minimum Gasteiger partial charge on any atom is -0.435 e. The third-order valence-electron chi connectivity index (χ3n) is 6.15. The Balaban J connectivity index is 1.68. The lowest BCUT2D eigenvalue weighted by atomic mass is 9.87. The lowest BCUT2D eigenvalue weighted by Crippen LogP contribution is -2.47. The molecule has 1 saturated heterocycles. The van der Waals surface area contributed by atoms with Crippen molar-refractivity contribution in [1.82, 2.24) is 15.1 Å². The van der Waals surface area contributed by atoms with Gasteiger partial charge in [-0.05, 0) is 56.2 Å². The molecule has 7 nitrogen and oxygen atoms in total. The average molecular weight is 423 g/mol. The predicted molar refractivity (Wildman–Crippen MR) is 105 cm³/mol. The maximum absolute atomic E-state index is 13.0. The highest BCUT2D eigenvalue weighted by Crippen LogP contribution is 2.31. The molecule has 164 valence electrons. The Morgan fingerprint density at radius 2 is 1.83 bits per heavy atom. The number of imide groups is 1. The van der Waals surface area contributed by atoms with Gasteiger partial charge in [0.25, 0.3) is 5.91 Å². The van der Waals surface area contributed by atoms with Gasteiger partial charge < -0.3 is 15.0 Å². The molecule has 4 amide bonds. The Bertz CT molecular complexity index is 809. The second kappa shape index (κ2) is 8.57. The molecule has 9 heteroatoms. The number of halogens is 2. The first kappa shape index (κ1) is 22.0. The smallest absolute Gasteiger partial charge is 0.387 e. The minimum atomic E-state index is -2.95. The van der Waals surface area contributed by atoms with Crippen molar-refractivity contribution in [3.8, 4) is 5.75 Å². The van der Waals surface area contributed by atoms with E-state index in [1.807, 2.05) is 0 Å². The fourth-order valence-electron chi connectivity index (χ4n) is 4.09. The van der Waals surface area contributed by atoms with Crippen LogP contribution < -0.4 is 10.1 Å². The molecule has 1 unspecified atom stereocenters. The molecule has 1 N–H and O–H groups in total. The summed E-state index contributed by atoms with van der Waals surface area (Å²) in [5, 5.41) is 2.61.